The third-order valence-electron chi connectivity index (χ3n) is 4.14. The average Bonchev–Trinajstić information content (AvgIpc) is 2.55. The fourth-order valence-corrected chi connectivity index (χ4v) is 3.10. The van der Waals surface area contributed by atoms with Gasteiger partial charge in [-0.05, 0) is 24.8 Å². The summed E-state index contributed by atoms with van der Waals surface area (Å²) in [5, 5.41) is 0. The number of carbonyl (C=O) groups excluding carboxylic acids is 1. The molecule has 1 atom stereocenters. The van der Waals surface area contributed by atoms with Crippen LogP contribution >= 0.6 is 0 Å². The van der Waals surface area contributed by atoms with E-state index in [4.69, 9.17) is 5.73 Å². The molecule has 1 aromatic carbocycles. The molecule has 2 aromatic rings. The van der Waals surface area contributed by atoms with Crippen molar-refractivity contribution in [2.75, 3.05) is 12.3 Å². The second-order valence-electron chi connectivity index (χ2n) is 5.62. The number of nitrogens with zero attached hydrogens (tertiary/aromatic N) is 3. The highest BCUT2D eigenvalue weighted by Crippen LogP contribution is 2.35. The van der Waals surface area contributed by atoms with Gasteiger partial charge < -0.3 is 10.6 Å². The van der Waals surface area contributed by atoms with E-state index in [9.17, 15) is 4.79 Å². The molecule has 22 heavy (non-hydrogen) atoms. The van der Waals surface area contributed by atoms with Crippen LogP contribution in [-0.2, 0) is 4.79 Å². The zero-order valence-electron chi connectivity index (χ0n) is 12.7. The number of amides is 1. The van der Waals surface area contributed by atoms with Crippen LogP contribution in [0.1, 0.15) is 37.9 Å². The lowest BCUT2D eigenvalue weighted by Crippen LogP contribution is -2.37. The Kier molecular flexibility index (Phi) is 4.04. The highest BCUT2D eigenvalue weighted by atomic mass is 16.2. The van der Waals surface area contributed by atoms with Gasteiger partial charge in [-0.25, -0.2) is 9.97 Å². The minimum absolute atomic E-state index is 0.0215. The maximum Gasteiger partial charge on any atom is 0.220 e. The van der Waals surface area contributed by atoms with Crippen molar-refractivity contribution >= 4 is 11.9 Å². The first-order chi connectivity index (χ1) is 10.7. The SMILES string of the molecule is CC(=O)N1CCCC[C@@H]1c1nc(N)ncc1-c1ccccc1. The number of nitrogen functional groups attached to an aromatic ring is 1. The van der Waals surface area contributed by atoms with E-state index in [-0.39, 0.29) is 17.9 Å². The van der Waals surface area contributed by atoms with Crippen LogP contribution in [0.15, 0.2) is 36.5 Å². The van der Waals surface area contributed by atoms with E-state index in [1.54, 1.807) is 13.1 Å². The number of nitrogens with two attached hydrogens (primary N) is 1. The van der Waals surface area contributed by atoms with Crippen LogP contribution in [0.2, 0.25) is 0 Å². The molecule has 0 aliphatic carbocycles. The molecule has 114 valence electrons. The molecule has 5 nitrogen and oxygen atoms in total. The van der Waals surface area contributed by atoms with Gasteiger partial charge in [-0.15, -0.1) is 0 Å². The smallest absolute Gasteiger partial charge is 0.220 e. The predicted molar refractivity (Wildman–Crippen MR) is 85.9 cm³/mol. The van der Waals surface area contributed by atoms with E-state index in [0.29, 0.717) is 0 Å². The minimum Gasteiger partial charge on any atom is -0.368 e. The summed E-state index contributed by atoms with van der Waals surface area (Å²) in [6, 6.07) is 9.98. The molecule has 0 unspecified atom stereocenters. The normalized spacial score (nSPS) is 18.2. The van der Waals surface area contributed by atoms with Gasteiger partial charge in [0.25, 0.3) is 0 Å². The van der Waals surface area contributed by atoms with Crippen LogP contribution in [0.4, 0.5) is 5.95 Å². The van der Waals surface area contributed by atoms with Gasteiger partial charge in [0.15, 0.2) is 0 Å². The lowest BCUT2D eigenvalue weighted by Gasteiger charge is -2.35. The molecule has 1 fully saturated rings. The molecule has 0 radical (unpaired) electrons. The highest BCUT2D eigenvalue weighted by Gasteiger charge is 2.29. The third kappa shape index (κ3) is 2.79. The summed E-state index contributed by atoms with van der Waals surface area (Å²) < 4.78 is 0. The quantitative estimate of drug-likeness (QED) is 0.925. The van der Waals surface area contributed by atoms with Crippen LogP contribution in [-0.4, -0.2) is 27.3 Å². The summed E-state index contributed by atoms with van der Waals surface area (Å²) in [6.45, 7) is 2.39. The number of likely N-dealkylation sites (tertiary alicyclic amines) is 1. The summed E-state index contributed by atoms with van der Waals surface area (Å²) in [7, 11) is 0. The van der Waals surface area contributed by atoms with Crippen molar-refractivity contribution in [3.05, 3.63) is 42.2 Å². The summed E-state index contributed by atoms with van der Waals surface area (Å²) in [6.07, 6.45) is 4.81. The number of hydrogen-bond donors (Lipinski definition) is 1. The van der Waals surface area contributed by atoms with Crippen molar-refractivity contribution in [3.8, 4) is 11.1 Å². The maximum atomic E-state index is 12.0. The number of benzene rings is 1. The molecule has 2 heterocycles. The maximum absolute atomic E-state index is 12.0. The largest absolute Gasteiger partial charge is 0.368 e. The first-order valence-electron chi connectivity index (χ1n) is 7.62. The first-order valence-corrected chi connectivity index (χ1v) is 7.62. The lowest BCUT2D eigenvalue weighted by molar-refractivity contribution is -0.132. The highest BCUT2D eigenvalue weighted by molar-refractivity contribution is 5.75. The Morgan fingerprint density at radius 3 is 2.77 bits per heavy atom. The van der Waals surface area contributed by atoms with E-state index in [0.717, 1.165) is 42.6 Å². The Morgan fingerprint density at radius 1 is 1.27 bits per heavy atom. The van der Waals surface area contributed by atoms with E-state index < -0.39 is 0 Å². The Balaban J connectivity index is 2.09. The molecule has 1 aromatic heterocycles. The van der Waals surface area contributed by atoms with Crippen LogP contribution in [0.3, 0.4) is 0 Å². The van der Waals surface area contributed by atoms with Gasteiger partial charge in [0.2, 0.25) is 11.9 Å². The van der Waals surface area contributed by atoms with Gasteiger partial charge in [0.05, 0.1) is 11.7 Å². The van der Waals surface area contributed by atoms with Crippen molar-refractivity contribution in [1.29, 1.82) is 0 Å². The Bertz CT molecular complexity index is 672. The van der Waals surface area contributed by atoms with E-state index in [1.807, 2.05) is 35.2 Å². The van der Waals surface area contributed by atoms with Gasteiger partial charge in [-0.3, -0.25) is 4.79 Å². The van der Waals surface area contributed by atoms with Crippen molar-refractivity contribution in [2.45, 2.75) is 32.2 Å². The van der Waals surface area contributed by atoms with E-state index >= 15 is 0 Å². The van der Waals surface area contributed by atoms with Crippen molar-refractivity contribution in [2.24, 2.45) is 0 Å². The zero-order valence-corrected chi connectivity index (χ0v) is 12.7. The third-order valence-corrected chi connectivity index (χ3v) is 4.14. The van der Waals surface area contributed by atoms with Crippen LogP contribution in [0, 0.1) is 0 Å². The molecule has 1 aliphatic heterocycles. The standard InChI is InChI=1S/C17H20N4O/c1-12(22)21-10-6-5-9-15(21)16-14(11-19-17(18)20-16)13-7-3-2-4-8-13/h2-4,7-8,11,15H,5-6,9-10H2,1H3,(H2,18,19,20)/t15-/m1/s1. The van der Waals surface area contributed by atoms with Gasteiger partial charge in [-0.2, -0.15) is 0 Å². The number of rotatable bonds is 2. The zero-order chi connectivity index (χ0) is 15.5. The number of carbonyl (C=O) groups is 1. The van der Waals surface area contributed by atoms with Crippen molar-refractivity contribution in [1.82, 2.24) is 14.9 Å². The summed E-state index contributed by atoms with van der Waals surface area (Å²) in [5.41, 5.74) is 8.66. The molecule has 3 rings (SSSR count). The Hall–Kier alpha value is -2.43. The number of anilines is 1. The average molecular weight is 296 g/mol. The molecule has 1 aliphatic rings. The van der Waals surface area contributed by atoms with Gasteiger partial charge in [0, 0.05) is 25.2 Å². The Labute approximate surface area is 130 Å². The molecule has 0 spiro atoms. The first kappa shape index (κ1) is 14.5. The van der Waals surface area contributed by atoms with Gasteiger partial charge in [-0.1, -0.05) is 30.3 Å². The van der Waals surface area contributed by atoms with E-state index in [1.165, 1.54) is 0 Å². The molecule has 1 saturated heterocycles. The number of hydrogen-bond acceptors (Lipinski definition) is 4. The monoisotopic (exact) mass is 296 g/mol. The van der Waals surface area contributed by atoms with Gasteiger partial charge >= 0.3 is 0 Å². The molecular weight excluding hydrogens is 276 g/mol. The van der Waals surface area contributed by atoms with Gasteiger partial charge in [0.1, 0.15) is 0 Å². The molecule has 0 saturated carbocycles. The van der Waals surface area contributed by atoms with Crippen molar-refractivity contribution < 1.29 is 4.79 Å². The van der Waals surface area contributed by atoms with E-state index in [2.05, 4.69) is 9.97 Å². The molecule has 5 heteroatoms. The molecule has 0 bridgehead atoms. The second kappa shape index (κ2) is 6.13. The molecule has 2 N–H and O–H groups in total. The minimum atomic E-state index is -0.0215. The number of piperidine rings is 1. The fraction of sp³-hybridized carbons (Fsp3) is 0.353. The second-order valence-corrected chi connectivity index (χ2v) is 5.62. The lowest BCUT2D eigenvalue weighted by atomic mass is 9.94. The molecule has 1 amide bonds. The van der Waals surface area contributed by atoms with Crippen LogP contribution in [0.25, 0.3) is 11.1 Å². The topological polar surface area (TPSA) is 72.1 Å². The van der Waals surface area contributed by atoms with Crippen LogP contribution < -0.4 is 5.73 Å². The van der Waals surface area contributed by atoms with Crippen molar-refractivity contribution in [3.63, 3.8) is 0 Å². The summed E-state index contributed by atoms with van der Waals surface area (Å²) >= 11 is 0. The summed E-state index contributed by atoms with van der Waals surface area (Å²) in [4.78, 5) is 22.5. The Morgan fingerprint density at radius 2 is 2.05 bits per heavy atom. The fourth-order valence-electron chi connectivity index (χ4n) is 3.10. The predicted octanol–water partition coefficient (Wildman–Crippen LogP) is 2.80. The van der Waals surface area contributed by atoms with Crippen LogP contribution in [0.5, 0.6) is 0 Å². The molecular formula is C17H20N4O. The number of aromatic nitrogens is 2. The summed E-state index contributed by atoms with van der Waals surface area (Å²) in [5.74, 6) is 0.338.